The lowest BCUT2D eigenvalue weighted by molar-refractivity contribution is 0.0996. The van der Waals surface area contributed by atoms with E-state index in [0.717, 1.165) is 11.3 Å². The van der Waals surface area contributed by atoms with Gasteiger partial charge in [0.15, 0.2) is 17.1 Å². The first-order valence-electron chi connectivity index (χ1n) is 10.7. The second-order valence-corrected chi connectivity index (χ2v) is 8.42. The Hall–Kier alpha value is -4.11. The number of hydrogen-bond acceptors (Lipinski definition) is 7. The minimum atomic E-state index is -0.266. The number of para-hydroxylation sites is 3. The lowest BCUT2D eigenvalue weighted by Gasteiger charge is -2.26. The van der Waals surface area contributed by atoms with Crippen molar-refractivity contribution in [3.8, 4) is 17.2 Å². The molecule has 0 bridgehead atoms. The zero-order valence-corrected chi connectivity index (χ0v) is 18.8. The minimum absolute atomic E-state index is 0.225. The predicted molar refractivity (Wildman–Crippen MR) is 129 cm³/mol. The number of ether oxygens (including phenoxy) is 2. The van der Waals surface area contributed by atoms with E-state index in [1.165, 1.54) is 10.8 Å². The molecule has 10 heteroatoms. The summed E-state index contributed by atoms with van der Waals surface area (Å²) in [5.41, 5.74) is 2.15. The first-order valence-corrected chi connectivity index (χ1v) is 11.1. The molecule has 0 spiro atoms. The van der Waals surface area contributed by atoms with Gasteiger partial charge in [0.25, 0.3) is 5.56 Å². The second-order valence-electron chi connectivity index (χ2n) is 8.01. The van der Waals surface area contributed by atoms with Crippen LogP contribution in [0.2, 0.25) is 5.02 Å². The van der Waals surface area contributed by atoms with Crippen LogP contribution in [-0.4, -0.2) is 44.0 Å². The predicted octanol–water partition coefficient (Wildman–Crippen LogP) is 3.87. The molecule has 0 radical (unpaired) electrons. The van der Waals surface area contributed by atoms with E-state index in [0.29, 0.717) is 57.5 Å². The summed E-state index contributed by atoms with van der Waals surface area (Å²) in [5, 5.41) is 11.7. The van der Waals surface area contributed by atoms with Crippen molar-refractivity contribution in [2.75, 3.05) is 18.5 Å². The first-order chi connectivity index (χ1) is 16.6. The third-order valence-electron chi connectivity index (χ3n) is 5.79. The second kappa shape index (κ2) is 8.03. The van der Waals surface area contributed by atoms with Crippen LogP contribution in [0, 0.1) is 6.92 Å². The lowest BCUT2D eigenvalue weighted by atomic mass is 10.1. The molecule has 1 aliphatic heterocycles. The van der Waals surface area contributed by atoms with Crippen molar-refractivity contribution >= 4 is 39.5 Å². The number of rotatable bonds is 4. The Kier molecular flexibility index (Phi) is 4.84. The molecule has 2 N–H and O–H groups in total. The maximum Gasteiger partial charge on any atom is 0.267 e. The number of nitrogens with one attached hydrogen (secondary N) is 2. The number of fused-ring (bicyclic) bond motifs is 4. The number of hydrogen-bond donors (Lipinski definition) is 2. The van der Waals surface area contributed by atoms with Crippen molar-refractivity contribution in [1.82, 2.24) is 24.7 Å². The average molecular weight is 475 g/mol. The number of aromatic nitrogens is 5. The number of pyridine rings is 1. The van der Waals surface area contributed by atoms with Gasteiger partial charge in [0.2, 0.25) is 5.95 Å². The van der Waals surface area contributed by atoms with Crippen LogP contribution in [0.5, 0.6) is 11.5 Å². The number of aryl methyl sites for hydroxylation is 1. The van der Waals surface area contributed by atoms with Crippen molar-refractivity contribution in [3.05, 3.63) is 75.8 Å². The number of nitrogens with zero attached hydrogens (tertiary/aromatic N) is 4. The normalized spacial score (nSPS) is 15.1. The van der Waals surface area contributed by atoms with E-state index >= 15 is 0 Å². The van der Waals surface area contributed by atoms with Gasteiger partial charge in [-0.1, -0.05) is 35.9 Å². The standard InChI is InChI=1S/C24H19ClN6O3/c1-13-5-4-6-17(25)21(13)31-22-15(20-16(23(31)32)11-28-30-20)10-27-24(29-22)26-9-14-12-33-18-7-2-3-8-19(18)34-14/h2-8,10-11,14H,9,12H2,1H3,(H,28,30)(H,26,27,29). The molecule has 1 aliphatic rings. The zero-order chi connectivity index (χ0) is 23.2. The molecule has 1 unspecified atom stereocenters. The number of H-pyrrole nitrogens is 1. The molecule has 4 heterocycles. The molecule has 1 atom stereocenters. The lowest BCUT2D eigenvalue weighted by Crippen LogP contribution is -2.35. The fraction of sp³-hybridized carbons (Fsp3) is 0.167. The monoisotopic (exact) mass is 474 g/mol. The van der Waals surface area contributed by atoms with Gasteiger partial charge in [0, 0.05) is 6.20 Å². The van der Waals surface area contributed by atoms with E-state index in [1.807, 2.05) is 43.3 Å². The summed E-state index contributed by atoms with van der Waals surface area (Å²) < 4.78 is 13.3. The van der Waals surface area contributed by atoms with Crippen LogP contribution in [0.4, 0.5) is 5.95 Å². The topological polar surface area (TPSA) is 107 Å². The Labute approximate surface area is 198 Å². The number of halogens is 1. The van der Waals surface area contributed by atoms with Crippen molar-refractivity contribution < 1.29 is 9.47 Å². The molecular weight excluding hydrogens is 456 g/mol. The molecule has 0 amide bonds. The Morgan fingerprint density at radius 1 is 1.15 bits per heavy atom. The van der Waals surface area contributed by atoms with Crippen LogP contribution in [-0.2, 0) is 0 Å². The molecular formula is C24H19ClN6O3. The third kappa shape index (κ3) is 3.32. The highest BCUT2D eigenvalue weighted by atomic mass is 35.5. The third-order valence-corrected chi connectivity index (χ3v) is 6.10. The van der Waals surface area contributed by atoms with E-state index in [9.17, 15) is 4.79 Å². The van der Waals surface area contributed by atoms with E-state index in [1.54, 1.807) is 12.3 Å². The molecule has 34 heavy (non-hydrogen) atoms. The SMILES string of the molecule is Cc1cccc(Cl)c1-n1c(=O)c2cn[nH]c2c2cnc(NCC3COc4ccccc4O3)nc21. The van der Waals surface area contributed by atoms with Gasteiger partial charge >= 0.3 is 0 Å². The van der Waals surface area contributed by atoms with E-state index in [-0.39, 0.29) is 11.7 Å². The largest absolute Gasteiger partial charge is 0.486 e. The zero-order valence-electron chi connectivity index (χ0n) is 18.1. The summed E-state index contributed by atoms with van der Waals surface area (Å²) in [6, 6.07) is 13.0. The molecule has 9 nitrogen and oxygen atoms in total. The molecule has 0 fully saturated rings. The summed E-state index contributed by atoms with van der Waals surface area (Å²) in [4.78, 5) is 22.6. The van der Waals surface area contributed by atoms with Gasteiger partial charge in [-0.2, -0.15) is 10.1 Å². The minimum Gasteiger partial charge on any atom is -0.486 e. The van der Waals surface area contributed by atoms with Gasteiger partial charge < -0.3 is 14.8 Å². The highest BCUT2D eigenvalue weighted by molar-refractivity contribution is 6.32. The van der Waals surface area contributed by atoms with Gasteiger partial charge in [-0.15, -0.1) is 0 Å². The van der Waals surface area contributed by atoms with Crippen molar-refractivity contribution in [1.29, 1.82) is 0 Å². The molecule has 3 aromatic heterocycles. The van der Waals surface area contributed by atoms with Crippen LogP contribution in [0.3, 0.4) is 0 Å². The number of aromatic amines is 1. The van der Waals surface area contributed by atoms with Crippen LogP contribution < -0.4 is 20.3 Å². The molecule has 6 rings (SSSR count). The summed E-state index contributed by atoms with van der Waals surface area (Å²) in [6.07, 6.45) is 2.95. The maximum absolute atomic E-state index is 13.5. The molecule has 0 saturated carbocycles. The molecule has 2 aromatic carbocycles. The van der Waals surface area contributed by atoms with Crippen molar-refractivity contribution in [2.24, 2.45) is 0 Å². The van der Waals surface area contributed by atoms with Gasteiger partial charge in [-0.3, -0.25) is 14.5 Å². The Morgan fingerprint density at radius 2 is 2.00 bits per heavy atom. The van der Waals surface area contributed by atoms with Gasteiger partial charge in [0.05, 0.1) is 39.7 Å². The quantitative estimate of drug-likeness (QED) is 0.407. The summed E-state index contributed by atoms with van der Waals surface area (Å²) in [6.45, 7) is 2.72. The molecule has 0 aliphatic carbocycles. The Morgan fingerprint density at radius 3 is 2.85 bits per heavy atom. The van der Waals surface area contributed by atoms with E-state index in [4.69, 9.17) is 26.1 Å². The van der Waals surface area contributed by atoms with Crippen LogP contribution >= 0.6 is 11.6 Å². The van der Waals surface area contributed by atoms with E-state index in [2.05, 4.69) is 20.5 Å². The fourth-order valence-corrected chi connectivity index (χ4v) is 4.46. The Balaban J connectivity index is 1.41. The molecule has 170 valence electrons. The number of benzene rings is 2. The highest BCUT2D eigenvalue weighted by Crippen LogP contribution is 2.31. The maximum atomic E-state index is 13.5. The molecule has 0 saturated heterocycles. The van der Waals surface area contributed by atoms with Crippen molar-refractivity contribution in [2.45, 2.75) is 13.0 Å². The highest BCUT2D eigenvalue weighted by Gasteiger charge is 2.22. The average Bonchev–Trinajstić information content (AvgIpc) is 3.35. The summed E-state index contributed by atoms with van der Waals surface area (Å²) in [7, 11) is 0. The summed E-state index contributed by atoms with van der Waals surface area (Å²) in [5.74, 6) is 1.78. The number of anilines is 1. The smallest absolute Gasteiger partial charge is 0.267 e. The fourth-order valence-electron chi connectivity index (χ4n) is 4.16. The van der Waals surface area contributed by atoms with Crippen LogP contribution in [0.1, 0.15) is 5.56 Å². The first kappa shape index (κ1) is 20.5. The van der Waals surface area contributed by atoms with Gasteiger partial charge in [-0.05, 0) is 30.7 Å². The van der Waals surface area contributed by atoms with Crippen LogP contribution in [0.25, 0.3) is 27.6 Å². The van der Waals surface area contributed by atoms with E-state index < -0.39 is 0 Å². The summed E-state index contributed by atoms with van der Waals surface area (Å²) >= 11 is 6.53. The van der Waals surface area contributed by atoms with Crippen LogP contribution in [0.15, 0.2) is 59.7 Å². The Bertz CT molecular complexity index is 1590. The van der Waals surface area contributed by atoms with Crippen molar-refractivity contribution in [3.63, 3.8) is 0 Å². The van der Waals surface area contributed by atoms with Gasteiger partial charge in [0.1, 0.15) is 12.7 Å². The van der Waals surface area contributed by atoms with Gasteiger partial charge in [-0.25, -0.2) is 4.98 Å². The molecule has 5 aromatic rings.